The van der Waals surface area contributed by atoms with Crippen molar-refractivity contribution in [3.05, 3.63) is 41.3 Å². The minimum absolute atomic E-state index is 0.0645. The van der Waals surface area contributed by atoms with Crippen LogP contribution in [0.5, 0.6) is 0 Å². The van der Waals surface area contributed by atoms with E-state index >= 15 is 0 Å². The van der Waals surface area contributed by atoms with Gasteiger partial charge in [-0.3, -0.25) is 9.20 Å². The number of amides is 1. The highest BCUT2D eigenvalue weighted by atomic mass is 79.9. The first-order valence-electron chi connectivity index (χ1n) is 12.6. The zero-order valence-corrected chi connectivity index (χ0v) is 24.8. The molecule has 5 rings (SSSR count). The second-order valence-electron chi connectivity index (χ2n) is 9.21. The Morgan fingerprint density at radius 2 is 1.58 bits per heavy atom. The van der Waals surface area contributed by atoms with E-state index in [0.29, 0.717) is 24.6 Å². The number of aromatic amines is 1. The monoisotopic (exact) mass is 711 g/mol. The average Bonchev–Trinajstić information content (AvgIpc) is 3.64. The third-order valence-electron chi connectivity index (χ3n) is 6.20. The zero-order valence-electron chi connectivity index (χ0n) is 23.2. The molecule has 0 radical (unpaired) electrons. The van der Waals surface area contributed by atoms with Gasteiger partial charge >= 0.3 is 24.3 Å². The number of carboxylic acid groups (broad SMARTS) is 2. The third kappa shape index (κ3) is 8.70. The van der Waals surface area contributed by atoms with Crippen LogP contribution in [0.2, 0.25) is 0 Å². The SMILES string of the molecule is CC(=O)N1CCN(c2c(C(C)Nc3ncnc4nc[nH]c34)cc(Br)c3cncn23)CC1.O=C(O)C(F)(F)F.O=C(O)C(F)(F)F. The number of halogens is 7. The molecule has 0 aliphatic carbocycles. The number of H-pyrrole nitrogens is 1. The van der Waals surface area contributed by atoms with Gasteiger partial charge in [0.2, 0.25) is 5.91 Å². The Kier molecular flexibility index (Phi) is 10.8. The lowest BCUT2D eigenvalue weighted by Gasteiger charge is -2.37. The van der Waals surface area contributed by atoms with Crippen molar-refractivity contribution in [2.24, 2.45) is 0 Å². The zero-order chi connectivity index (χ0) is 33.7. The molecule has 0 saturated carbocycles. The third-order valence-corrected chi connectivity index (χ3v) is 6.84. The molecule has 4 aromatic rings. The van der Waals surface area contributed by atoms with Crippen LogP contribution >= 0.6 is 15.9 Å². The highest BCUT2D eigenvalue weighted by Gasteiger charge is 2.39. The van der Waals surface area contributed by atoms with E-state index in [1.165, 1.54) is 6.33 Å². The maximum atomic E-state index is 11.8. The van der Waals surface area contributed by atoms with Crippen molar-refractivity contribution in [1.82, 2.24) is 34.2 Å². The van der Waals surface area contributed by atoms with E-state index in [1.807, 2.05) is 17.4 Å². The Morgan fingerprint density at radius 1 is 1.00 bits per heavy atom. The lowest BCUT2D eigenvalue weighted by atomic mass is 10.1. The highest BCUT2D eigenvalue weighted by Crippen LogP contribution is 2.35. The van der Waals surface area contributed by atoms with Gasteiger partial charge in [0.05, 0.1) is 24.1 Å². The van der Waals surface area contributed by atoms with E-state index in [4.69, 9.17) is 19.8 Å². The van der Waals surface area contributed by atoms with Crippen LogP contribution in [0.3, 0.4) is 0 Å². The summed E-state index contributed by atoms with van der Waals surface area (Å²) < 4.78 is 66.5. The Balaban J connectivity index is 0.000000331. The van der Waals surface area contributed by atoms with Gasteiger partial charge in [0.15, 0.2) is 11.5 Å². The largest absolute Gasteiger partial charge is 0.490 e. The van der Waals surface area contributed by atoms with Gasteiger partial charge in [-0.1, -0.05) is 0 Å². The van der Waals surface area contributed by atoms with Crippen molar-refractivity contribution >= 4 is 62.1 Å². The van der Waals surface area contributed by atoms with Crippen molar-refractivity contribution in [3.8, 4) is 0 Å². The number of aromatic nitrogens is 6. The minimum atomic E-state index is -5.08. The van der Waals surface area contributed by atoms with Crippen LogP contribution in [-0.2, 0) is 14.4 Å². The molecule has 1 atom stereocenters. The number of imidazole rings is 2. The number of hydrogen-bond donors (Lipinski definition) is 4. The summed E-state index contributed by atoms with van der Waals surface area (Å²) in [5.74, 6) is -3.64. The van der Waals surface area contributed by atoms with Gasteiger partial charge in [-0.25, -0.2) is 29.5 Å². The second-order valence-corrected chi connectivity index (χ2v) is 10.1. The predicted molar refractivity (Wildman–Crippen MR) is 148 cm³/mol. The number of hydrogen-bond acceptors (Lipinski definition) is 9. The Morgan fingerprint density at radius 3 is 2.11 bits per heavy atom. The number of rotatable bonds is 4. The molecule has 0 bridgehead atoms. The van der Waals surface area contributed by atoms with Crippen LogP contribution in [0.1, 0.15) is 25.5 Å². The molecule has 1 fully saturated rings. The van der Waals surface area contributed by atoms with Gasteiger partial charge in [-0.05, 0) is 28.9 Å². The Bertz CT molecular complexity index is 1640. The van der Waals surface area contributed by atoms with Crippen LogP contribution < -0.4 is 10.2 Å². The molecule has 1 amide bonds. The maximum Gasteiger partial charge on any atom is 0.490 e. The summed E-state index contributed by atoms with van der Waals surface area (Å²) in [7, 11) is 0. The van der Waals surface area contributed by atoms with E-state index in [0.717, 1.165) is 40.0 Å². The van der Waals surface area contributed by atoms with Crippen molar-refractivity contribution in [3.63, 3.8) is 0 Å². The van der Waals surface area contributed by atoms with Crippen molar-refractivity contribution in [2.75, 3.05) is 36.4 Å². The van der Waals surface area contributed by atoms with Crippen LogP contribution in [-0.4, -0.2) is 101 Å². The number of fused-ring (bicyclic) bond motifs is 2. The van der Waals surface area contributed by atoms with E-state index in [1.54, 1.807) is 13.3 Å². The fraction of sp³-hybridized carbons (Fsp3) is 0.375. The number of nitrogens with one attached hydrogen (secondary N) is 2. The fourth-order valence-electron chi connectivity index (χ4n) is 4.10. The number of nitrogens with zero attached hydrogens (tertiary/aromatic N) is 7. The summed E-state index contributed by atoms with van der Waals surface area (Å²) in [6.45, 7) is 6.63. The molecule has 5 heterocycles. The number of carbonyl (C=O) groups excluding carboxylic acids is 1. The summed E-state index contributed by atoms with van der Waals surface area (Å²) >= 11 is 3.70. The topological polar surface area (TPSA) is 182 Å². The highest BCUT2D eigenvalue weighted by molar-refractivity contribution is 9.10. The normalized spacial score (nSPS) is 14.2. The quantitative estimate of drug-likeness (QED) is 0.226. The average molecular weight is 712 g/mol. The molecule has 244 valence electrons. The van der Waals surface area contributed by atoms with Crippen LogP contribution in [0.4, 0.5) is 38.0 Å². The molecule has 0 spiro atoms. The number of anilines is 2. The molecular formula is C24H24BrF6N9O5. The van der Waals surface area contributed by atoms with E-state index in [-0.39, 0.29) is 11.9 Å². The molecule has 1 aliphatic heterocycles. The molecule has 4 N–H and O–H groups in total. The minimum Gasteiger partial charge on any atom is -0.475 e. The molecule has 1 saturated heterocycles. The number of aliphatic carboxylic acids is 2. The van der Waals surface area contributed by atoms with Gasteiger partial charge in [0.1, 0.15) is 24.0 Å². The van der Waals surface area contributed by atoms with Gasteiger partial charge in [0, 0.05) is 43.1 Å². The number of carboxylic acids is 2. The Hall–Kier alpha value is -4.69. The first kappa shape index (κ1) is 34.8. The van der Waals surface area contributed by atoms with Crippen molar-refractivity contribution < 1.29 is 50.9 Å². The number of piperazine rings is 1. The fourth-order valence-corrected chi connectivity index (χ4v) is 4.64. The van der Waals surface area contributed by atoms with E-state index in [2.05, 4.69) is 68.5 Å². The number of alkyl halides is 6. The first-order valence-corrected chi connectivity index (χ1v) is 13.4. The summed E-state index contributed by atoms with van der Waals surface area (Å²) in [6.07, 6.45) is -3.36. The molecule has 21 heteroatoms. The summed E-state index contributed by atoms with van der Waals surface area (Å²) in [5.41, 5.74) is 3.49. The Labute approximate surface area is 257 Å². The molecule has 45 heavy (non-hydrogen) atoms. The summed E-state index contributed by atoms with van der Waals surface area (Å²) in [6, 6.07) is 2.07. The molecule has 4 aromatic heterocycles. The van der Waals surface area contributed by atoms with Crippen molar-refractivity contribution in [1.29, 1.82) is 0 Å². The van der Waals surface area contributed by atoms with Crippen molar-refractivity contribution in [2.45, 2.75) is 32.2 Å². The molecule has 0 aromatic carbocycles. The number of carbonyl (C=O) groups is 3. The first-order chi connectivity index (χ1) is 20.9. The second kappa shape index (κ2) is 13.9. The van der Waals surface area contributed by atoms with E-state index in [9.17, 15) is 31.1 Å². The molecule has 1 aliphatic rings. The van der Waals surface area contributed by atoms with Crippen LogP contribution in [0.15, 0.2) is 35.7 Å². The van der Waals surface area contributed by atoms with Gasteiger partial charge in [0.25, 0.3) is 0 Å². The summed E-state index contributed by atoms with van der Waals surface area (Å²) in [4.78, 5) is 54.1. The molecule has 14 nitrogen and oxygen atoms in total. The van der Waals surface area contributed by atoms with E-state index < -0.39 is 24.3 Å². The van der Waals surface area contributed by atoms with Gasteiger partial charge < -0.3 is 30.3 Å². The van der Waals surface area contributed by atoms with Gasteiger partial charge in [-0.2, -0.15) is 26.3 Å². The summed E-state index contributed by atoms with van der Waals surface area (Å²) in [5, 5.41) is 17.8. The smallest absolute Gasteiger partial charge is 0.475 e. The van der Waals surface area contributed by atoms with Crippen LogP contribution in [0, 0.1) is 0 Å². The lowest BCUT2D eigenvalue weighted by Crippen LogP contribution is -2.49. The van der Waals surface area contributed by atoms with Gasteiger partial charge in [-0.15, -0.1) is 0 Å². The maximum absolute atomic E-state index is 11.8. The molecular weight excluding hydrogens is 688 g/mol. The molecule has 1 unspecified atom stereocenters. The van der Waals surface area contributed by atoms with Crippen LogP contribution in [0.25, 0.3) is 16.7 Å². The number of pyridine rings is 1. The predicted octanol–water partition coefficient (Wildman–Crippen LogP) is 3.87. The standard InChI is InChI=1S/C20H22BrN9O.2C2HF3O2/c1-12(27-19-17-18(24-9-23-17)25-10-26-19)14-7-15(21)16-8-22-11-30(16)20(14)29-5-3-28(4-6-29)13(2)31;2*3-2(4,5)1(6)7/h7-12H,3-6H2,1-2H3,(H2,23,24,25,26,27);2*(H,6,7). The lowest BCUT2D eigenvalue weighted by molar-refractivity contribution is -0.193.